The zero-order valence-electron chi connectivity index (χ0n) is 24.9. The second kappa shape index (κ2) is 19.1. The van der Waals surface area contributed by atoms with Crippen LogP contribution in [-0.2, 0) is 9.53 Å². The first kappa shape index (κ1) is 36.0. The maximum absolute atomic E-state index is 12.7. The minimum absolute atomic E-state index is 0.0150. The van der Waals surface area contributed by atoms with Gasteiger partial charge < -0.3 is 15.2 Å². The van der Waals surface area contributed by atoms with Crippen molar-refractivity contribution in [1.29, 1.82) is 0 Å². The lowest BCUT2D eigenvalue weighted by Crippen LogP contribution is -2.50. The Morgan fingerprint density at radius 3 is 2.10 bits per heavy atom. The molecule has 3 N–H and O–H groups in total. The van der Waals surface area contributed by atoms with Crippen molar-refractivity contribution in [2.45, 2.75) is 141 Å². The number of likely N-dealkylation sites (tertiary alicyclic amines) is 1. The summed E-state index contributed by atoms with van der Waals surface area (Å²) in [5, 5.41) is 15.6. The molecule has 7 nitrogen and oxygen atoms in total. The van der Waals surface area contributed by atoms with Crippen LogP contribution in [0.4, 0.5) is 18.0 Å². The van der Waals surface area contributed by atoms with Crippen LogP contribution < -0.4 is 10.6 Å². The molecule has 1 heterocycles. The van der Waals surface area contributed by atoms with Crippen molar-refractivity contribution in [3.8, 4) is 0 Å². The predicted molar refractivity (Wildman–Crippen MR) is 153 cm³/mol. The molecule has 40 heavy (non-hydrogen) atoms. The van der Waals surface area contributed by atoms with Crippen molar-refractivity contribution in [3.63, 3.8) is 0 Å². The van der Waals surface area contributed by atoms with Gasteiger partial charge in [-0.1, -0.05) is 69.8 Å². The first-order chi connectivity index (χ1) is 18.8. The van der Waals surface area contributed by atoms with Crippen LogP contribution >= 0.6 is 0 Å². The molecule has 0 radical (unpaired) electrons. The van der Waals surface area contributed by atoms with E-state index in [4.69, 9.17) is 4.74 Å². The van der Waals surface area contributed by atoms with E-state index in [1.54, 1.807) is 20.8 Å². The number of aliphatic hydroxyl groups excluding tert-OH is 1. The number of aliphatic hydroxyl groups is 1. The number of carbonyl (C=O) groups excluding carboxylic acids is 2. The number of rotatable bonds is 18. The number of hydrogen-bond donors (Lipinski definition) is 3. The van der Waals surface area contributed by atoms with Crippen LogP contribution in [-0.4, -0.2) is 65.2 Å². The van der Waals surface area contributed by atoms with E-state index >= 15 is 0 Å². The Morgan fingerprint density at radius 1 is 0.950 bits per heavy atom. The SMILES string of the molecule is CCCCC/C=C\C/C=C\CCCCCCCCNC(O)C1C[C@H](NC(=O)C(F)(F)F)CN1C(=O)OC(C)(C)C. The number of carbonyl (C=O) groups is 2. The van der Waals surface area contributed by atoms with Crippen molar-refractivity contribution >= 4 is 12.0 Å². The molecule has 0 aromatic carbocycles. The molecule has 1 aliphatic heterocycles. The summed E-state index contributed by atoms with van der Waals surface area (Å²) >= 11 is 0. The Morgan fingerprint density at radius 2 is 1.52 bits per heavy atom. The van der Waals surface area contributed by atoms with Crippen LogP contribution in [0.15, 0.2) is 24.3 Å². The topological polar surface area (TPSA) is 90.9 Å². The highest BCUT2D eigenvalue weighted by atomic mass is 19.4. The van der Waals surface area contributed by atoms with E-state index in [0.29, 0.717) is 6.54 Å². The van der Waals surface area contributed by atoms with Gasteiger partial charge in [0.1, 0.15) is 11.8 Å². The molecule has 0 aliphatic carbocycles. The number of amides is 2. The minimum Gasteiger partial charge on any atom is -0.444 e. The van der Waals surface area contributed by atoms with Gasteiger partial charge in [-0.25, -0.2) is 4.79 Å². The number of nitrogens with one attached hydrogen (secondary N) is 2. The molecular weight excluding hydrogens is 523 g/mol. The summed E-state index contributed by atoms with van der Waals surface area (Å²) in [6.45, 7) is 7.59. The third-order valence-corrected chi connectivity index (χ3v) is 6.66. The van der Waals surface area contributed by atoms with Crippen LogP contribution in [0.25, 0.3) is 0 Å². The zero-order chi connectivity index (χ0) is 30.0. The van der Waals surface area contributed by atoms with Gasteiger partial charge in [-0.05, 0) is 72.3 Å². The smallest absolute Gasteiger partial charge is 0.444 e. The lowest BCUT2D eigenvalue weighted by Gasteiger charge is -2.31. The second-order valence-corrected chi connectivity index (χ2v) is 11.6. The molecule has 2 unspecified atom stereocenters. The van der Waals surface area contributed by atoms with Crippen molar-refractivity contribution in [3.05, 3.63) is 24.3 Å². The number of unbranched alkanes of at least 4 members (excludes halogenated alkanes) is 9. The fourth-order valence-corrected chi connectivity index (χ4v) is 4.57. The lowest BCUT2D eigenvalue weighted by molar-refractivity contribution is -0.174. The molecule has 1 rings (SSSR count). The number of allylic oxidation sites excluding steroid dienone is 4. The van der Waals surface area contributed by atoms with E-state index < -0.39 is 42.1 Å². The molecule has 1 saturated heterocycles. The number of halogens is 3. The van der Waals surface area contributed by atoms with Gasteiger partial charge in [0.05, 0.1) is 6.04 Å². The summed E-state index contributed by atoms with van der Waals surface area (Å²) in [6.07, 6.45) is 15.6. The molecular formula is C30H52F3N3O4. The molecule has 0 aromatic heterocycles. The van der Waals surface area contributed by atoms with Gasteiger partial charge in [0, 0.05) is 12.6 Å². The Bertz CT molecular complexity index is 781. The van der Waals surface area contributed by atoms with Gasteiger partial charge in [-0.15, -0.1) is 0 Å². The van der Waals surface area contributed by atoms with Crippen LogP contribution in [0.2, 0.25) is 0 Å². The second-order valence-electron chi connectivity index (χ2n) is 11.6. The van der Waals surface area contributed by atoms with Crippen LogP contribution in [0.3, 0.4) is 0 Å². The zero-order valence-corrected chi connectivity index (χ0v) is 24.9. The van der Waals surface area contributed by atoms with E-state index in [-0.39, 0.29) is 13.0 Å². The third kappa shape index (κ3) is 16.3. The summed E-state index contributed by atoms with van der Waals surface area (Å²) in [4.78, 5) is 25.3. The van der Waals surface area contributed by atoms with Crippen LogP contribution in [0.1, 0.15) is 111 Å². The quantitative estimate of drug-likeness (QED) is 0.0954. The van der Waals surface area contributed by atoms with Gasteiger partial charge in [0.15, 0.2) is 0 Å². The molecule has 2 amide bonds. The largest absolute Gasteiger partial charge is 0.471 e. The summed E-state index contributed by atoms with van der Waals surface area (Å²) in [7, 11) is 0. The molecule has 1 fully saturated rings. The Hall–Kier alpha value is -2.07. The molecule has 10 heteroatoms. The minimum atomic E-state index is -5.02. The lowest BCUT2D eigenvalue weighted by atomic mass is 10.1. The van der Waals surface area contributed by atoms with Gasteiger partial charge >= 0.3 is 18.2 Å². The van der Waals surface area contributed by atoms with Gasteiger partial charge in [-0.2, -0.15) is 13.2 Å². The summed E-state index contributed by atoms with van der Waals surface area (Å²) in [6, 6.07) is -1.76. The monoisotopic (exact) mass is 575 g/mol. The average molecular weight is 576 g/mol. The van der Waals surface area contributed by atoms with E-state index in [2.05, 4.69) is 36.5 Å². The standard InChI is InChI=1S/C30H52F3N3O4/c1-5-6-7-8-9-10-11-12-13-14-15-16-17-18-19-20-21-34-26(37)25-22-24(35-27(38)30(31,32)33)23-36(25)28(39)40-29(2,3)4/h9-10,12-13,24-26,34,37H,5-8,11,14-23H2,1-4H3,(H,35,38)/b10-9-,13-12-/t24-,25?,26?/m0/s1. The Kier molecular flexibility index (Phi) is 17.2. The maximum atomic E-state index is 12.7. The molecule has 0 bridgehead atoms. The molecule has 0 aromatic rings. The molecule has 0 spiro atoms. The summed E-state index contributed by atoms with van der Waals surface area (Å²) < 4.78 is 43.5. The van der Waals surface area contributed by atoms with Crippen molar-refractivity contribution in [2.75, 3.05) is 13.1 Å². The normalized spacial score (nSPS) is 19.1. The number of alkyl halides is 3. The van der Waals surface area contributed by atoms with Crippen molar-refractivity contribution in [1.82, 2.24) is 15.5 Å². The van der Waals surface area contributed by atoms with Crippen molar-refractivity contribution in [2.24, 2.45) is 0 Å². The highest BCUT2D eigenvalue weighted by molar-refractivity contribution is 5.82. The first-order valence-electron chi connectivity index (χ1n) is 14.9. The van der Waals surface area contributed by atoms with Crippen LogP contribution in [0, 0.1) is 0 Å². The van der Waals surface area contributed by atoms with E-state index in [1.165, 1.54) is 43.4 Å². The summed E-state index contributed by atoms with van der Waals surface area (Å²) in [5.41, 5.74) is -0.811. The van der Waals surface area contributed by atoms with E-state index in [0.717, 1.165) is 38.5 Å². The number of nitrogens with zero attached hydrogens (tertiary/aromatic N) is 1. The van der Waals surface area contributed by atoms with Gasteiger partial charge in [-0.3, -0.25) is 15.0 Å². The van der Waals surface area contributed by atoms with Gasteiger partial charge in [0.2, 0.25) is 0 Å². The van der Waals surface area contributed by atoms with Crippen molar-refractivity contribution < 1.29 is 32.6 Å². The predicted octanol–water partition coefficient (Wildman–Crippen LogP) is 6.76. The fraction of sp³-hybridized carbons (Fsp3) is 0.800. The number of hydrogen-bond acceptors (Lipinski definition) is 5. The Labute approximate surface area is 239 Å². The fourth-order valence-electron chi connectivity index (χ4n) is 4.57. The molecule has 3 atom stereocenters. The molecule has 1 aliphatic rings. The maximum Gasteiger partial charge on any atom is 0.471 e. The van der Waals surface area contributed by atoms with E-state index in [9.17, 15) is 27.9 Å². The van der Waals surface area contributed by atoms with Crippen LogP contribution in [0.5, 0.6) is 0 Å². The Balaban J connectivity index is 2.30. The van der Waals surface area contributed by atoms with E-state index in [1.807, 2.05) is 5.32 Å². The van der Waals surface area contributed by atoms with Gasteiger partial charge in [0.25, 0.3) is 0 Å². The summed E-state index contributed by atoms with van der Waals surface area (Å²) in [5.74, 6) is -2.06. The average Bonchev–Trinajstić information content (AvgIpc) is 3.28. The third-order valence-electron chi connectivity index (χ3n) is 6.66. The molecule has 232 valence electrons. The highest BCUT2D eigenvalue weighted by Gasteiger charge is 2.45. The number of ether oxygens (including phenoxy) is 1. The molecule has 0 saturated carbocycles. The highest BCUT2D eigenvalue weighted by Crippen LogP contribution is 2.25. The first-order valence-corrected chi connectivity index (χ1v) is 14.9.